The molecule has 16 heavy (non-hydrogen) atoms. The lowest BCUT2D eigenvalue weighted by atomic mass is 9.98. The summed E-state index contributed by atoms with van der Waals surface area (Å²) < 4.78 is 1.87. The van der Waals surface area contributed by atoms with Gasteiger partial charge in [-0.3, -0.25) is 0 Å². The Morgan fingerprint density at radius 3 is 2.94 bits per heavy atom. The van der Waals surface area contributed by atoms with Gasteiger partial charge in [-0.2, -0.15) is 5.26 Å². The van der Waals surface area contributed by atoms with Crippen LogP contribution >= 0.6 is 11.8 Å². The Morgan fingerprint density at radius 1 is 1.75 bits per heavy atom. The first kappa shape index (κ1) is 11.4. The largest absolute Gasteiger partial charge is 0.312 e. The number of thioether (sulfide) groups is 1. The maximum absolute atomic E-state index is 9.32. The summed E-state index contributed by atoms with van der Waals surface area (Å²) in [6, 6.07) is 2.42. The number of aromatic nitrogens is 3. The molecule has 1 aliphatic rings. The monoisotopic (exact) mass is 237 g/mol. The van der Waals surface area contributed by atoms with Gasteiger partial charge in [0.25, 0.3) is 0 Å². The first-order valence-corrected chi connectivity index (χ1v) is 6.27. The molecule has 2 rings (SSSR count). The standard InChI is InChI=1S/C10H15N5S/c1-12-10(5-11,8-3-4-8)6-16-9-14-13-7-15(9)2/h7-8,12H,3-4,6H2,1-2H3. The Hall–Kier alpha value is -1.06. The van der Waals surface area contributed by atoms with E-state index in [0.29, 0.717) is 5.92 Å². The predicted octanol–water partition coefficient (Wildman–Crippen LogP) is 0.799. The van der Waals surface area contributed by atoms with Gasteiger partial charge in [0.2, 0.25) is 0 Å². The van der Waals surface area contributed by atoms with Crippen molar-refractivity contribution in [1.29, 1.82) is 5.26 Å². The van der Waals surface area contributed by atoms with Crippen molar-refractivity contribution in [3.8, 4) is 6.07 Å². The normalized spacial score (nSPS) is 19.1. The summed E-state index contributed by atoms with van der Waals surface area (Å²) in [5, 5.41) is 21.2. The van der Waals surface area contributed by atoms with E-state index in [9.17, 15) is 5.26 Å². The SMILES string of the molecule is CNC(C#N)(CSc1nncn1C)C1CC1. The van der Waals surface area contributed by atoms with Gasteiger partial charge in [-0.15, -0.1) is 10.2 Å². The van der Waals surface area contributed by atoms with E-state index in [0.717, 1.165) is 23.8 Å². The van der Waals surface area contributed by atoms with Gasteiger partial charge in [-0.25, -0.2) is 0 Å². The molecule has 0 aliphatic heterocycles. The third kappa shape index (κ3) is 2.06. The van der Waals surface area contributed by atoms with Crippen LogP contribution in [-0.4, -0.2) is 33.1 Å². The molecule has 5 nitrogen and oxygen atoms in total. The third-order valence-corrected chi connectivity index (χ3v) is 4.25. The van der Waals surface area contributed by atoms with Gasteiger partial charge in [0.05, 0.1) is 6.07 Å². The molecule has 1 aromatic heterocycles. The highest BCUT2D eigenvalue weighted by atomic mass is 32.2. The zero-order valence-electron chi connectivity index (χ0n) is 9.47. The van der Waals surface area contributed by atoms with E-state index in [2.05, 4.69) is 21.6 Å². The Bertz CT molecular complexity index is 406. The average Bonchev–Trinajstić information content (AvgIpc) is 3.07. The number of aryl methyl sites for hydroxylation is 1. The molecule has 1 heterocycles. The smallest absolute Gasteiger partial charge is 0.190 e. The Kier molecular flexibility index (Phi) is 3.17. The van der Waals surface area contributed by atoms with Crippen molar-refractivity contribution in [2.24, 2.45) is 13.0 Å². The molecular formula is C10H15N5S. The van der Waals surface area contributed by atoms with E-state index < -0.39 is 5.54 Å². The van der Waals surface area contributed by atoms with Crippen molar-refractivity contribution in [2.45, 2.75) is 23.5 Å². The number of nitrogens with zero attached hydrogens (tertiary/aromatic N) is 4. The highest BCUT2D eigenvalue weighted by Gasteiger charge is 2.44. The molecule has 0 amide bonds. The van der Waals surface area contributed by atoms with Gasteiger partial charge < -0.3 is 9.88 Å². The van der Waals surface area contributed by atoms with Crippen LogP contribution in [0.2, 0.25) is 0 Å². The van der Waals surface area contributed by atoms with Crippen molar-refractivity contribution < 1.29 is 0 Å². The molecule has 1 N–H and O–H groups in total. The van der Waals surface area contributed by atoms with Crippen molar-refractivity contribution in [3.05, 3.63) is 6.33 Å². The summed E-state index contributed by atoms with van der Waals surface area (Å²) in [6.07, 6.45) is 3.97. The lowest BCUT2D eigenvalue weighted by Crippen LogP contribution is -2.46. The minimum absolute atomic E-state index is 0.406. The average molecular weight is 237 g/mol. The molecule has 1 atom stereocenters. The molecule has 0 aromatic carbocycles. The number of hydrogen-bond acceptors (Lipinski definition) is 5. The minimum Gasteiger partial charge on any atom is -0.312 e. The van der Waals surface area contributed by atoms with Crippen molar-refractivity contribution in [3.63, 3.8) is 0 Å². The van der Waals surface area contributed by atoms with Crippen LogP contribution in [0, 0.1) is 17.2 Å². The molecular weight excluding hydrogens is 222 g/mol. The van der Waals surface area contributed by atoms with Crippen molar-refractivity contribution in [2.75, 3.05) is 12.8 Å². The molecule has 86 valence electrons. The quantitative estimate of drug-likeness (QED) is 0.767. The highest BCUT2D eigenvalue weighted by molar-refractivity contribution is 7.99. The lowest BCUT2D eigenvalue weighted by Gasteiger charge is -2.25. The van der Waals surface area contributed by atoms with Crippen LogP contribution in [-0.2, 0) is 7.05 Å². The summed E-state index contributed by atoms with van der Waals surface area (Å²) in [6.45, 7) is 0. The van der Waals surface area contributed by atoms with Gasteiger partial charge in [0.1, 0.15) is 11.9 Å². The molecule has 6 heteroatoms. The molecule has 0 spiro atoms. The maximum Gasteiger partial charge on any atom is 0.190 e. The second kappa shape index (κ2) is 4.44. The van der Waals surface area contributed by atoms with E-state index in [1.165, 1.54) is 0 Å². The Labute approximate surface area is 99.2 Å². The van der Waals surface area contributed by atoms with Crippen molar-refractivity contribution in [1.82, 2.24) is 20.1 Å². The molecule has 1 aliphatic carbocycles. The number of hydrogen-bond donors (Lipinski definition) is 1. The van der Waals surface area contributed by atoms with E-state index in [1.54, 1.807) is 18.1 Å². The molecule has 1 unspecified atom stereocenters. The molecule has 1 aromatic rings. The zero-order chi connectivity index (χ0) is 11.6. The topological polar surface area (TPSA) is 66.5 Å². The summed E-state index contributed by atoms with van der Waals surface area (Å²) in [5.74, 6) is 1.21. The van der Waals surface area contributed by atoms with Gasteiger partial charge in [-0.1, -0.05) is 11.8 Å². The van der Waals surface area contributed by atoms with Crippen LogP contribution in [0.15, 0.2) is 11.5 Å². The summed E-state index contributed by atoms with van der Waals surface area (Å²) in [5.41, 5.74) is -0.406. The zero-order valence-corrected chi connectivity index (χ0v) is 10.3. The van der Waals surface area contributed by atoms with Crippen LogP contribution < -0.4 is 5.32 Å². The molecule has 0 saturated heterocycles. The summed E-state index contributed by atoms with van der Waals surface area (Å²) in [7, 11) is 3.77. The Morgan fingerprint density at radius 2 is 2.50 bits per heavy atom. The molecule has 0 bridgehead atoms. The van der Waals surface area contributed by atoms with E-state index in [1.807, 2.05) is 18.7 Å². The van der Waals surface area contributed by atoms with Gasteiger partial charge in [0.15, 0.2) is 5.16 Å². The van der Waals surface area contributed by atoms with Crippen LogP contribution in [0.1, 0.15) is 12.8 Å². The summed E-state index contributed by atoms with van der Waals surface area (Å²) in [4.78, 5) is 0. The highest BCUT2D eigenvalue weighted by Crippen LogP contribution is 2.41. The number of nitriles is 1. The lowest BCUT2D eigenvalue weighted by molar-refractivity contribution is 0.440. The molecule has 1 fully saturated rings. The second-order valence-electron chi connectivity index (χ2n) is 4.12. The van der Waals surface area contributed by atoms with Gasteiger partial charge in [-0.05, 0) is 25.8 Å². The summed E-state index contributed by atoms with van der Waals surface area (Å²) >= 11 is 1.58. The Balaban J connectivity index is 2.02. The maximum atomic E-state index is 9.32. The predicted molar refractivity (Wildman–Crippen MR) is 61.9 cm³/mol. The van der Waals surface area contributed by atoms with Gasteiger partial charge in [0, 0.05) is 12.8 Å². The number of rotatable bonds is 5. The van der Waals surface area contributed by atoms with Crippen LogP contribution in [0.5, 0.6) is 0 Å². The first-order valence-electron chi connectivity index (χ1n) is 5.29. The van der Waals surface area contributed by atoms with Crippen molar-refractivity contribution >= 4 is 11.8 Å². The second-order valence-corrected chi connectivity index (χ2v) is 5.06. The first-order chi connectivity index (χ1) is 7.72. The van der Waals surface area contributed by atoms with E-state index in [-0.39, 0.29) is 0 Å². The number of nitrogens with one attached hydrogen (secondary N) is 1. The minimum atomic E-state index is -0.406. The van der Waals surface area contributed by atoms with Crippen LogP contribution in [0.3, 0.4) is 0 Å². The fourth-order valence-corrected chi connectivity index (χ4v) is 2.89. The fourth-order valence-electron chi connectivity index (χ4n) is 1.73. The third-order valence-electron chi connectivity index (χ3n) is 3.02. The van der Waals surface area contributed by atoms with E-state index >= 15 is 0 Å². The van der Waals surface area contributed by atoms with Crippen LogP contribution in [0.25, 0.3) is 0 Å². The molecule has 0 radical (unpaired) electrons. The van der Waals surface area contributed by atoms with E-state index in [4.69, 9.17) is 0 Å². The molecule has 1 saturated carbocycles. The van der Waals surface area contributed by atoms with Crippen LogP contribution in [0.4, 0.5) is 0 Å². The fraction of sp³-hybridized carbons (Fsp3) is 0.700. The van der Waals surface area contributed by atoms with Gasteiger partial charge >= 0.3 is 0 Å².